The van der Waals surface area contributed by atoms with Crippen LogP contribution >= 0.6 is 46.6 Å². The van der Waals surface area contributed by atoms with Gasteiger partial charge < -0.3 is 10.6 Å². The second-order valence-electron chi connectivity index (χ2n) is 4.26. The molecule has 1 fully saturated rings. The van der Waals surface area contributed by atoms with Gasteiger partial charge in [-0.1, -0.05) is 11.6 Å². The predicted molar refractivity (Wildman–Crippen MR) is 84.5 cm³/mol. The number of hydrogen-bond acceptors (Lipinski definition) is 2. The van der Waals surface area contributed by atoms with Gasteiger partial charge in [-0.05, 0) is 53.6 Å². The van der Waals surface area contributed by atoms with Gasteiger partial charge in [-0.2, -0.15) is 0 Å². The number of piperidine rings is 1. The number of carbonyl (C=O) groups is 1. The van der Waals surface area contributed by atoms with Gasteiger partial charge in [0.1, 0.15) is 0 Å². The van der Waals surface area contributed by atoms with Gasteiger partial charge in [0.2, 0.25) is 0 Å². The van der Waals surface area contributed by atoms with E-state index in [9.17, 15) is 4.79 Å². The van der Waals surface area contributed by atoms with Crippen molar-refractivity contribution in [1.29, 1.82) is 0 Å². The second kappa shape index (κ2) is 6.93. The third-order valence-corrected chi connectivity index (χ3v) is 4.53. The number of benzene rings is 1. The van der Waals surface area contributed by atoms with Gasteiger partial charge in [0.05, 0.1) is 5.02 Å². The van der Waals surface area contributed by atoms with Crippen molar-refractivity contribution in [2.75, 3.05) is 13.1 Å². The van der Waals surface area contributed by atoms with E-state index in [2.05, 4.69) is 22.6 Å². The van der Waals surface area contributed by atoms with Gasteiger partial charge in [-0.25, -0.2) is 0 Å². The second-order valence-corrected chi connectivity index (χ2v) is 5.83. The Morgan fingerprint density at radius 1 is 1.39 bits per heavy atom. The van der Waals surface area contributed by atoms with E-state index < -0.39 is 0 Å². The molecule has 0 atom stereocenters. The summed E-state index contributed by atoms with van der Waals surface area (Å²) in [7, 11) is 0. The van der Waals surface area contributed by atoms with E-state index in [0.717, 1.165) is 29.5 Å². The van der Waals surface area contributed by atoms with Crippen molar-refractivity contribution in [3.63, 3.8) is 0 Å². The number of rotatable bonds is 1. The van der Waals surface area contributed by atoms with Crippen LogP contribution in [-0.4, -0.2) is 29.9 Å². The Morgan fingerprint density at radius 2 is 2.00 bits per heavy atom. The molecule has 1 aromatic carbocycles. The number of nitrogens with two attached hydrogens (primary N) is 1. The zero-order chi connectivity index (χ0) is 12.4. The van der Waals surface area contributed by atoms with Crippen molar-refractivity contribution in [2.24, 2.45) is 5.73 Å². The molecule has 1 aliphatic rings. The summed E-state index contributed by atoms with van der Waals surface area (Å²) >= 11 is 8.08. The molecule has 6 heteroatoms. The molecule has 1 amide bonds. The van der Waals surface area contributed by atoms with Crippen LogP contribution in [0.5, 0.6) is 0 Å². The summed E-state index contributed by atoms with van der Waals surface area (Å²) in [5.41, 5.74) is 6.53. The first kappa shape index (κ1) is 16.0. The molecule has 1 saturated heterocycles. The normalized spacial score (nSPS) is 16.3. The molecule has 1 aromatic rings. The molecule has 3 nitrogen and oxygen atoms in total. The Hall–Kier alpha value is -0.0400. The van der Waals surface area contributed by atoms with E-state index in [4.69, 9.17) is 17.3 Å². The fourth-order valence-electron chi connectivity index (χ4n) is 1.91. The quantitative estimate of drug-likeness (QED) is 0.736. The molecular formula is C12H15Cl2IN2O. The molecule has 0 saturated carbocycles. The molecule has 0 spiro atoms. The van der Waals surface area contributed by atoms with Crippen molar-refractivity contribution in [3.8, 4) is 0 Å². The van der Waals surface area contributed by atoms with Crippen LogP contribution in [-0.2, 0) is 0 Å². The molecule has 100 valence electrons. The average Bonchev–Trinajstić information content (AvgIpc) is 2.33. The largest absolute Gasteiger partial charge is 0.339 e. The van der Waals surface area contributed by atoms with Crippen molar-refractivity contribution in [3.05, 3.63) is 32.4 Å². The lowest BCUT2D eigenvalue weighted by Gasteiger charge is -2.30. The smallest absolute Gasteiger partial charge is 0.253 e. The lowest BCUT2D eigenvalue weighted by molar-refractivity contribution is 0.0714. The van der Waals surface area contributed by atoms with Crippen molar-refractivity contribution in [2.45, 2.75) is 18.9 Å². The molecule has 0 radical (unpaired) electrons. The van der Waals surface area contributed by atoms with Crippen LogP contribution in [0, 0.1) is 3.57 Å². The van der Waals surface area contributed by atoms with Gasteiger partial charge in [0, 0.05) is 28.3 Å². The van der Waals surface area contributed by atoms with E-state index in [-0.39, 0.29) is 24.4 Å². The number of amides is 1. The summed E-state index contributed by atoms with van der Waals surface area (Å²) < 4.78 is 0.906. The fourth-order valence-corrected chi connectivity index (χ4v) is 2.55. The molecule has 0 aliphatic carbocycles. The summed E-state index contributed by atoms with van der Waals surface area (Å²) in [5, 5.41) is 0.683. The maximum Gasteiger partial charge on any atom is 0.253 e. The summed E-state index contributed by atoms with van der Waals surface area (Å²) in [6.45, 7) is 1.50. The summed E-state index contributed by atoms with van der Waals surface area (Å²) in [6, 6.07) is 5.62. The standard InChI is InChI=1S/C12H14ClIN2O.ClH/c13-10-2-1-8(7-11(10)14)12(17)16-5-3-9(15)4-6-16;/h1-2,7,9H,3-6,15H2;1H. The Morgan fingerprint density at radius 3 is 2.56 bits per heavy atom. The minimum Gasteiger partial charge on any atom is -0.339 e. The van der Waals surface area contributed by atoms with Crippen LogP contribution in [0.3, 0.4) is 0 Å². The zero-order valence-electron chi connectivity index (χ0n) is 9.73. The Kier molecular flexibility index (Phi) is 6.17. The van der Waals surface area contributed by atoms with Gasteiger partial charge in [0.15, 0.2) is 0 Å². The summed E-state index contributed by atoms with van der Waals surface area (Å²) in [6.07, 6.45) is 1.77. The van der Waals surface area contributed by atoms with Crippen LogP contribution in [0.1, 0.15) is 23.2 Å². The van der Waals surface area contributed by atoms with Gasteiger partial charge >= 0.3 is 0 Å². The zero-order valence-corrected chi connectivity index (χ0v) is 13.5. The van der Waals surface area contributed by atoms with Crippen molar-refractivity contribution in [1.82, 2.24) is 4.90 Å². The average molecular weight is 401 g/mol. The SMILES string of the molecule is Cl.NC1CCN(C(=O)c2ccc(Cl)c(I)c2)CC1. The summed E-state index contributed by atoms with van der Waals surface area (Å²) in [4.78, 5) is 14.1. The summed E-state index contributed by atoms with van der Waals surface area (Å²) in [5.74, 6) is 0.0754. The third-order valence-electron chi connectivity index (χ3n) is 2.99. The lowest BCUT2D eigenvalue weighted by Crippen LogP contribution is -2.42. The first-order valence-corrected chi connectivity index (χ1v) is 7.03. The minimum absolute atomic E-state index is 0. The van der Waals surface area contributed by atoms with Crippen LogP contribution in [0.15, 0.2) is 18.2 Å². The van der Waals surface area contributed by atoms with Crippen LogP contribution in [0.4, 0.5) is 0 Å². The number of carbonyl (C=O) groups excluding carboxylic acids is 1. The highest BCUT2D eigenvalue weighted by molar-refractivity contribution is 14.1. The van der Waals surface area contributed by atoms with E-state index in [0.29, 0.717) is 10.6 Å². The monoisotopic (exact) mass is 400 g/mol. The molecule has 1 aliphatic heterocycles. The first-order chi connectivity index (χ1) is 8.08. The van der Waals surface area contributed by atoms with Gasteiger partial charge in [-0.15, -0.1) is 12.4 Å². The van der Waals surface area contributed by atoms with Gasteiger partial charge in [0.25, 0.3) is 5.91 Å². The van der Waals surface area contributed by atoms with Crippen LogP contribution in [0.25, 0.3) is 0 Å². The maximum absolute atomic E-state index is 12.2. The molecule has 0 unspecified atom stereocenters. The Bertz CT molecular complexity index is 434. The lowest BCUT2D eigenvalue weighted by atomic mass is 10.1. The fraction of sp³-hybridized carbons (Fsp3) is 0.417. The third kappa shape index (κ3) is 3.73. The predicted octanol–water partition coefficient (Wildman–Crippen LogP) is 2.93. The molecule has 0 bridgehead atoms. The molecule has 2 rings (SSSR count). The van der Waals surface area contributed by atoms with E-state index in [1.54, 1.807) is 12.1 Å². The highest BCUT2D eigenvalue weighted by Crippen LogP contribution is 2.21. The molecular weight excluding hydrogens is 386 g/mol. The van der Waals surface area contributed by atoms with Crippen LogP contribution < -0.4 is 5.73 Å². The number of likely N-dealkylation sites (tertiary alicyclic amines) is 1. The van der Waals surface area contributed by atoms with E-state index >= 15 is 0 Å². The van der Waals surface area contributed by atoms with Crippen LogP contribution in [0.2, 0.25) is 5.02 Å². The Labute approximate surface area is 132 Å². The number of hydrogen-bond donors (Lipinski definition) is 1. The topological polar surface area (TPSA) is 46.3 Å². The van der Waals surface area contributed by atoms with Crippen molar-refractivity contribution >= 4 is 52.5 Å². The number of halogens is 3. The molecule has 0 aromatic heterocycles. The maximum atomic E-state index is 12.2. The highest BCUT2D eigenvalue weighted by Gasteiger charge is 2.21. The van der Waals surface area contributed by atoms with E-state index in [1.807, 2.05) is 11.0 Å². The molecule has 1 heterocycles. The van der Waals surface area contributed by atoms with Crippen molar-refractivity contribution < 1.29 is 4.79 Å². The number of nitrogens with zero attached hydrogens (tertiary/aromatic N) is 1. The first-order valence-electron chi connectivity index (χ1n) is 5.58. The Balaban J connectivity index is 0.00000162. The highest BCUT2D eigenvalue weighted by atomic mass is 127. The minimum atomic E-state index is 0. The van der Waals surface area contributed by atoms with E-state index in [1.165, 1.54) is 0 Å². The molecule has 18 heavy (non-hydrogen) atoms. The van der Waals surface area contributed by atoms with Gasteiger partial charge in [-0.3, -0.25) is 4.79 Å². The molecule has 2 N–H and O–H groups in total.